The summed E-state index contributed by atoms with van der Waals surface area (Å²) in [6, 6.07) is 11.0. The molecule has 4 nitrogen and oxygen atoms in total. The summed E-state index contributed by atoms with van der Waals surface area (Å²) < 4.78 is 6.17. The van der Waals surface area contributed by atoms with Gasteiger partial charge < -0.3 is 9.84 Å². The number of benzene rings is 2. The van der Waals surface area contributed by atoms with Crippen LogP contribution in [0.15, 0.2) is 48.6 Å². The first-order chi connectivity index (χ1) is 12.5. The Kier molecular flexibility index (Phi) is 6.96. The summed E-state index contributed by atoms with van der Waals surface area (Å²) in [5.74, 6) is -1.29. The molecule has 0 spiro atoms. The molecule has 0 heterocycles. The maximum atomic E-state index is 12.6. The van der Waals surface area contributed by atoms with Crippen molar-refractivity contribution < 1.29 is 19.4 Å². The number of carbonyl (C=O) groups excluding carboxylic acids is 1. The highest BCUT2D eigenvalue weighted by atomic mass is 16.5. The Labute approximate surface area is 154 Å². The van der Waals surface area contributed by atoms with Crippen LogP contribution in [0, 0.1) is 0 Å². The molecule has 0 aliphatic carbocycles. The molecule has 0 radical (unpaired) electrons. The number of aliphatic carboxylic acids is 1. The highest BCUT2D eigenvalue weighted by Crippen LogP contribution is 2.29. The zero-order valence-electron chi connectivity index (χ0n) is 15.5. The van der Waals surface area contributed by atoms with Gasteiger partial charge in [-0.15, -0.1) is 0 Å². The highest BCUT2D eigenvalue weighted by molar-refractivity contribution is 6.27. The Balaban J connectivity index is 2.43. The maximum Gasteiger partial charge on any atom is 0.339 e. The SMILES string of the molecule is C=C(C(=O)O)C(=O)c1cc(OC(CCC)CCCC)cc2ccccc12. The molecule has 1 atom stereocenters. The third kappa shape index (κ3) is 4.72. The van der Waals surface area contributed by atoms with Crippen LogP contribution in [0.25, 0.3) is 10.8 Å². The van der Waals surface area contributed by atoms with Gasteiger partial charge in [0.2, 0.25) is 0 Å². The summed E-state index contributed by atoms with van der Waals surface area (Å²) in [6.45, 7) is 7.67. The van der Waals surface area contributed by atoms with Gasteiger partial charge in [0.05, 0.1) is 6.10 Å². The molecule has 2 rings (SSSR count). The monoisotopic (exact) mass is 354 g/mol. The number of Topliss-reactive ketones (excluding diaryl/α,β-unsaturated/α-hetero) is 1. The zero-order valence-corrected chi connectivity index (χ0v) is 15.5. The lowest BCUT2D eigenvalue weighted by Gasteiger charge is -2.19. The van der Waals surface area contributed by atoms with E-state index >= 15 is 0 Å². The number of ketones is 1. The Hall–Kier alpha value is -2.62. The number of unbranched alkanes of at least 4 members (excludes halogenated alkanes) is 1. The van der Waals surface area contributed by atoms with Crippen LogP contribution >= 0.6 is 0 Å². The second-order valence-electron chi connectivity index (χ2n) is 6.48. The summed E-state index contributed by atoms with van der Waals surface area (Å²) in [5, 5.41) is 10.7. The lowest BCUT2D eigenvalue weighted by Crippen LogP contribution is -2.17. The normalized spacial score (nSPS) is 11.9. The van der Waals surface area contributed by atoms with Crippen molar-refractivity contribution in [1.29, 1.82) is 0 Å². The van der Waals surface area contributed by atoms with Crippen molar-refractivity contribution in [2.45, 2.75) is 52.1 Å². The van der Waals surface area contributed by atoms with Crippen LogP contribution in [0.2, 0.25) is 0 Å². The predicted octanol–water partition coefficient (Wildman–Crippen LogP) is 5.40. The molecular weight excluding hydrogens is 328 g/mol. The largest absolute Gasteiger partial charge is 0.490 e. The van der Waals surface area contributed by atoms with Crippen LogP contribution < -0.4 is 4.74 Å². The van der Waals surface area contributed by atoms with Crippen LogP contribution in [0.1, 0.15) is 56.3 Å². The van der Waals surface area contributed by atoms with Crippen molar-refractivity contribution in [2.75, 3.05) is 0 Å². The molecule has 1 unspecified atom stereocenters. The smallest absolute Gasteiger partial charge is 0.339 e. The molecule has 0 saturated heterocycles. The summed E-state index contributed by atoms with van der Waals surface area (Å²) in [7, 11) is 0. The van der Waals surface area contributed by atoms with Crippen molar-refractivity contribution in [3.05, 3.63) is 54.1 Å². The maximum absolute atomic E-state index is 12.6. The van der Waals surface area contributed by atoms with Crippen LogP contribution in [-0.4, -0.2) is 23.0 Å². The van der Waals surface area contributed by atoms with Gasteiger partial charge in [0, 0.05) is 5.56 Å². The molecule has 0 saturated carbocycles. The van der Waals surface area contributed by atoms with E-state index in [2.05, 4.69) is 20.4 Å². The molecule has 0 bridgehead atoms. The fraction of sp³-hybridized carbons (Fsp3) is 0.364. The van der Waals surface area contributed by atoms with Crippen LogP contribution in [0.5, 0.6) is 5.75 Å². The number of carboxylic acid groups (broad SMARTS) is 1. The van der Waals surface area contributed by atoms with E-state index in [0.717, 1.165) is 37.5 Å². The van der Waals surface area contributed by atoms with E-state index in [0.29, 0.717) is 16.7 Å². The average Bonchev–Trinajstić information content (AvgIpc) is 2.64. The lowest BCUT2D eigenvalue weighted by molar-refractivity contribution is -0.132. The Morgan fingerprint density at radius 3 is 2.50 bits per heavy atom. The number of hydrogen-bond donors (Lipinski definition) is 1. The topological polar surface area (TPSA) is 63.6 Å². The van der Waals surface area contributed by atoms with E-state index < -0.39 is 17.3 Å². The Morgan fingerprint density at radius 2 is 1.85 bits per heavy atom. The van der Waals surface area contributed by atoms with E-state index in [9.17, 15) is 9.59 Å². The minimum absolute atomic E-state index is 0.0896. The molecule has 26 heavy (non-hydrogen) atoms. The summed E-state index contributed by atoms with van der Waals surface area (Å²) in [6.07, 6.45) is 5.19. The van der Waals surface area contributed by atoms with Gasteiger partial charge in [0.1, 0.15) is 11.3 Å². The first-order valence-corrected chi connectivity index (χ1v) is 9.14. The minimum Gasteiger partial charge on any atom is -0.490 e. The van der Waals surface area contributed by atoms with Gasteiger partial charge in [-0.05, 0) is 35.7 Å². The number of rotatable bonds is 10. The van der Waals surface area contributed by atoms with E-state index in [1.807, 2.05) is 30.3 Å². The first kappa shape index (κ1) is 19.7. The van der Waals surface area contributed by atoms with E-state index in [1.54, 1.807) is 6.07 Å². The second kappa shape index (κ2) is 9.18. The molecule has 4 heteroatoms. The highest BCUT2D eigenvalue weighted by Gasteiger charge is 2.20. The van der Waals surface area contributed by atoms with Crippen molar-refractivity contribution in [3.8, 4) is 5.75 Å². The number of ether oxygens (including phenoxy) is 1. The molecule has 1 N–H and O–H groups in total. The first-order valence-electron chi connectivity index (χ1n) is 9.14. The van der Waals surface area contributed by atoms with Gasteiger partial charge in [-0.3, -0.25) is 4.79 Å². The molecule has 0 aliphatic heterocycles. The Morgan fingerprint density at radius 1 is 1.12 bits per heavy atom. The van der Waals surface area contributed by atoms with Crippen molar-refractivity contribution in [3.63, 3.8) is 0 Å². The van der Waals surface area contributed by atoms with Crippen LogP contribution in [-0.2, 0) is 4.79 Å². The Bertz CT molecular complexity index is 807. The molecule has 138 valence electrons. The standard InChI is InChI=1S/C22H26O4/c1-4-6-11-17(9-5-2)26-18-13-16-10-7-8-12-19(16)20(14-18)21(23)15(3)22(24)25/h7-8,10,12-14,17H,3-6,9,11H2,1-2H3,(H,24,25). The summed E-state index contributed by atoms with van der Waals surface area (Å²) >= 11 is 0. The fourth-order valence-electron chi connectivity index (χ4n) is 3.01. The molecule has 2 aromatic carbocycles. The third-order valence-electron chi connectivity index (χ3n) is 4.41. The molecule has 0 aromatic heterocycles. The lowest BCUT2D eigenvalue weighted by atomic mass is 9.97. The van der Waals surface area contributed by atoms with Crippen molar-refractivity contribution in [1.82, 2.24) is 0 Å². The van der Waals surface area contributed by atoms with Gasteiger partial charge in [-0.1, -0.05) is 64.0 Å². The second-order valence-corrected chi connectivity index (χ2v) is 6.48. The number of carboxylic acids is 1. The van der Waals surface area contributed by atoms with Gasteiger partial charge in [-0.2, -0.15) is 0 Å². The molecule has 2 aromatic rings. The molecular formula is C22H26O4. The van der Waals surface area contributed by atoms with Gasteiger partial charge in [0.15, 0.2) is 5.78 Å². The van der Waals surface area contributed by atoms with Crippen LogP contribution in [0.4, 0.5) is 0 Å². The number of hydrogen-bond acceptors (Lipinski definition) is 3. The summed E-state index contributed by atoms with van der Waals surface area (Å²) in [5.41, 5.74) is -0.125. The summed E-state index contributed by atoms with van der Waals surface area (Å²) in [4.78, 5) is 23.8. The fourth-order valence-corrected chi connectivity index (χ4v) is 3.01. The molecule has 0 aliphatic rings. The van der Waals surface area contributed by atoms with Gasteiger partial charge in [0.25, 0.3) is 0 Å². The van der Waals surface area contributed by atoms with Gasteiger partial charge in [-0.25, -0.2) is 4.79 Å². The van der Waals surface area contributed by atoms with Crippen molar-refractivity contribution >= 4 is 22.5 Å². The number of fused-ring (bicyclic) bond motifs is 1. The minimum atomic E-state index is -1.31. The van der Waals surface area contributed by atoms with E-state index in [1.165, 1.54) is 0 Å². The molecule has 0 amide bonds. The van der Waals surface area contributed by atoms with E-state index in [-0.39, 0.29) is 6.10 Å². The number of carbonyl (C=O) groups is 2. The van der Waals surface area contributed by atoms with Gasteiger partial charge >= 0.3 is 5.97 Å². The molecule has 0 fully saturated rings. The van der Waals surface area contributed by atoms with Crippen molar-refractivity contribution in [2.24, 2.45) is 0 Å². The predicted molar refractivity (Wildman–Crippen MR) is 104 cm³/mol. The zero-order chi connectivity index (χ0) is 19.1. The quantitative estimate of drug-likeness (QED) is 0.268. The van der Waals surface area contributed by atoms with Crippen LogP contribution in [0.3, 0.4) is 0 Å². The average molecular weight is 354 g/mol. The van der Waals surface area contributed by atoms with E-state index in [4.69, 9.17) is 9.84 Å². The third-order valence-corrected chi connectivity index (χ3v) is 4.41.